The van der Waals surface area contributed by atoms with Crippen LogP contribution in [0.4, 0.5) is 0 Å². The van der Waals surface area contributed by atoms with E-state index in [0.29, 0.717) is 19.3 Å². The molecule has 0 heterocycles. The zero-order chi connectivity index (χ0) is 45.2. The molecule has 0 rings (SSSR count). The highest BCUT2D eigenvalue weighted by Gasteiger charge is 2.24. The van der Waals surface area contributed by atoms with Crippen LogP contribution in [0.2, 0.25) is 0 Å². The number of esters is 1. The van der Waals surface area contributed by atoms with E-state index in [2.05, 4.69) is 80.8 Å². The normalized spacial score (nSPS) is 13.7. The number of carbonyl (C=O) groups excluding carboxylic acids is 2. The van der Waals surface area contributed by atoms with E-state index in [9.17, 15) is 19.8 Å². The van der Waals surface area contributed by atoms with Gasteiger partial charge < -0.3 is 20.3 Å². The van der Waals surface area contributed by atoms with Crippen molar-refractivity contribution in [3.05, 3.63) is 60.8 Å². The lowest BCUT2D eigenvalue weighted by Gasteiger charge is -2.24. The molecule has 0 spiro atoms. The number of allylic oxidation sites excluding steroid dienone is 10. The summed E-state index contributed by atoms with van der Waals surface area (Å²) in [5, 5.41) is 23.7. The quantitative estimate of drug-likeness (QED) is 0.0245. The average Bonchev–Trinajstić information content (AvgIpc) is 3.26. The van der Waals surface area contributed by atoms with Crippen LogP contribution in [0.5, 0.6) is 0 Å². The average molecular weight is 868 g/mol. The predicted molar refractivity (Wildman–Crippen MR) is 268 cm³/mol. The summed E-state index contributed by atoms with van der Waals surface area (Å²) < 4.78 is 5.92. The Labute approximate surface area is 384 Å². The molecule has 1 amide bonds. The summed E-state index contributed by atoms with van der Waals surface area (Å²) in [6, 6.07) is -0.716. The van der Waals surface area contributed by atoms with Crippen molar-refractivity contribution in [1.82, 2.24) is 5.32 Å². The second-order valence-electron chi connectivity index (χ2n) is 18.0. The van der Waals surface area contributed by atoms with Gasteiger partial charge in [-0.2, -0.15) is 0 Å². The summed E-state index contributed by atoms with van der Waals surface area (Å²) >= 11 is 0. The zero-order valence-corrected chi connectivity index (χ0v) is 41.0. The van der Waals surface area contributed by atoms with Crippen molar-refractivity contribution in [2.24, 2.45) is 0 Å². The minimum atomic E-state index is -0.799. The fourth-order valence-electron chi connectivity index (χ4n) is 7.85. The Morgan fingerprint density at radius 1 is 0.468 bits per heavy atom. The van der Waals surface area contributed by atoms with Crippen molar-refractivity contribution in [2.45, 2.75) is 277 Å². The molecule has 0 aliphatic heterocycles. The molecule has 360 valence electrons. The van der Waals surface area contributed by atoms with E-state index in [1.165, 1.54) is 141 Å². The fourth-order valence-corrected chi connectivity index (χ4v) is 7.85. The van der Waals surface area contributed by atoms with Crippen LogP contribution in [0.15, 0.2) is 60.8 Å². The molecule has 3 atom stereocenters. The molecule has 0 aromatic carbocycles. The van der Waals surface area contributed by atoms with Gasteiger partial charge in [-0.1, -0.05) is 229 Å². The number of ether oxygens (including phenoxy) is 1. The monoisotopic (exact) mass is 868 g/mol. The van der Waals surface area contributed by atoms with Crippen molar-refractivity contribution >= 4 is 11.9 Å². The Kier molecular flexibility index (Phi) is 47.6. The van der Waals surface area contributed by atoms with Crippen molar-refractivity contribution in [3.8, 4) is 0 Å². The standard InChI is InChI=1S/C56H101NO5/c1-4-7-10-13-16-19-22-24-26-28-30-32-34-37-40-43-46-49-56(61)62-52(47-44-41-38-35-33-31-29-27-25-23-20-17-14-11-8-5-2)50-55(60)57-53(51-58)54(59)48-45-42-39-36-21-18-15-12-9-6-3/h17,20,23-27,29,31,33,52-54,58-59H,4-16,18-19,21-22,28,30,32,34-51H2,1-3H3,(H,57,60)/b20-17+,25-23+,26-24+,29-27+,33-31+. The van der Waals surface area contributed by atoms with Crippen LogP contribution in [0.3, 0.4) is 0 Å². The second kappa shape index (κ2) is 49.6. The van der Waals surface area contributed by atoms with Gasteiger partial charge in [0.2, 0.25) is 5.91 Å². The number of nitrogens with one attached hydrogen (secondary N) is 1. The number of aliphatic hydroxyl groups excluding tert-OH is 2. The minimum Gasteiger partial charge on any atom is -0.462 e. The highest BCUT2D eigenvalue weighted by atomic mass is 16.5. The molecule has 62 heavy (non-hydrogen) atoms. The second-order valence-corrected chi connectivity index (χ2v) is 18.0. The topological polar surface area (TPSA) is 95.9 Å². The number of unbranched alkanes of at least 4 members (excludes halogenated alkanes) is 28. The summed E-state index contributed by atoms with van der Waals surface area (Å²) in [7, 11) is 0. The smallest absolute Gasteiger partial charge is 0.306 e. The van der Waals surface area contributed by atoms with Crippen molar-refractivity contribution in [3.63, 3.8) is 0 Å². The maximum absolute atomic E-state index is 13.2. The Morgan fingerprint density at radius 2 is 0.839 bits per heavy atom. The van der Waals surface area contributed by atoms with Gasteiger partial charge in [-0.15, -0.1) is 0 Å². The fraction of sp³-hybridized carbons (Fsp3) is 0.786. The molecule has 6 nitrogen and oxygen atoms in total. The predicted octanol–water partition coefficient (Wildman–Crippen LogP) is 16.0. The molecular weight excluding hydrogens is 767 g/mol. The van der Waals surface area contributed by atoms with Gasteiger partial charge in [0.25, 0.3) is 0 Å². The first-order chi connectivity index (χ1) is 30.5. The lowest BCUT2D eigenvalue weighted by molar-refractivity contribution is -0.151. The summed E-state index contributed by atoms with van der Waals surface area (Å²) in [5.74, 6) is -0.515. The first-order valence-corrected chi connectivity index (χ1v) is 26.6. The molecule has 6 heteroatoms. The Bertz CT molecular complexity index is 1110. The number of rotatable bonds is 47. The van der Waals surface area contributed by atoms with Crippen LogP contribution in [0.25, 0.3) is 0 Å². The van der Waals surface area contributed by atoms with Gasteiger partial charge in [-0.05, 0) is 77.0 Å². The summed E-state index contributed by atoms with van der Waals surface area (Å²) in [6.07, 6.45) is 61.3. The van der Waals surface area contributed by atoms with Gasteiger partial charge in [0.1, 0.15) is 6.10 Å². The van der Waals surface area contributed by atoms with Gasteiger partial charge in [0.05, 0.1) is 25.2 Å². The molecular formula is C56H101NO5. The number of carbonyl (C=O) groups is 2. The number of aliphatic hydroxyl groups is 2. The number of hydrogen-bond donors (Lipinski definition) is 3. The van der Waals surface area contributed by atoms with Crippen molar-refractivity contribution in [1.29, 1.82) is 0 Å². The van der Waals surface area contributed by atoms with E-state index in [0.717, 1.165) is 70.6 Å². The molecule has 3 N–H and O–H groups in total. The SMILES string of the molecule is CCCCC/C=C/C=C/C=C/C=C/CCCCCC(CC(=O)NC(CO)C(O)CCCCCCCCCCCC)OC(=O)CCCCCCCCC/C=C/CCCCCCCC. The molecule has 0 fully saturated rings. The Morgan fingerprint density at radius 3 is 1.34 bits per heavy atom. The van der Waals surface area contributed by atoms with Crippen LogP contribution in [-0.2, 0) is 14.3 Å². The third-order valence-electron chi connectivity index (χ3n) is 11.9. The summed E-state index contributed by atoms with van der Waals surface area (Å²) in [4.78, 5) is 26.2. The van der Waals surface area contributed by atoms with Crippen LogP contribution in [-0.4, -0.2) is 46.9 Å². The molecule has 0 aliphatic rings. The lowest BCUT2D eigenvalue weighted by Crippen LogP contribution is -2.46. The Hall–Kier alpha value is -2.44. The van der Waals surface area contributed by atoms with Crippen LogP contribution >= 0.6 is 0 Å². The van der Waals surface area contributed by atoms with Crippen molar-refractivity contribution in [2.75, 3.05) is 6.61 Å². The third kappa shape index (κ3) is 44.2. The van der Waals surface area contributed by atoms with Crippen LogP contribution < -0.4 is 5.32 Å². The highest BCUT2D eigenvalue weighted by molar-refractivity contribution is 5.77. The van der Waals surface area contributed by atoms with E-state index >= 15 is 0 Å². The van der Waals surface area contributed by atoms with E-state index in [-0.39, 0.29) is 24.9 Å². The van der Waals surface area contributed by atoms with Crippen LogP contribution in [0, 0.1) is 0 Å². The van der Waals surface area contributed by atoms with E-state index in [4.69, 9.17) is 4.74 Å². The van der Waals surface area contributed by atoms with E-state index < -0.39 is 18.2 Å². The molecule has 0 aliphatic carbocycles. The molecule has 3 unspecified atom stereocenters. The zero-order valence-electron chi connectivity index (χ0n) is 41.0. The molecule has 0 saturated carbocycles. The first kappa shape index (κ1) is 59.6. The highest BCUT2D eigenvalue weighted by Crippen LogP contribution is 2.17. The number of amides is 1. The first-order valence-electron chi connectivity index (χ1n) is 26.6. The number of hydrogen-bond acceptors (Lipinski definition) is 5. The molecule has 0 aromatic heterocycles. The maximum atomic E-state index is 13.2. The molecule has 0 aromatic rings. The summed E-state index contributed by atoms with van der Waals surface area (Å²) in [5.41, 5.74) is 0. The Balaban J connectivity index is 4.66. The minimum absolute atomic E-state index is 0.0492. The van der Waals surface area contributed by atoms with Gasteiger partial charge in [0, 0.05) is 6.42 Å². The van der Waals surface area contributed by atoms with Gasteiger partial charge in [-0.25, -0.2) is 0 Å². The van der Waals surface area contributed by atoms with Crippen molar-refractivity contribution < 1.29 is 24.5 Å². The maximum Gasteiger partial charge on any atom is 0.306 e. The third-order valence-corrected chi connectivity index (χ3v) is 11.9. The van der Waals surface area contributed by atoms with E-state index in [1.54, 1.807) is 0 Å². The summed E-state index contributed by atoms with van der Waals surface area (Å²) in [6.45, 7) is 6.42. The van der Waals surface area contributed by atoms with Gasteiger partial charge in [0.15, 0.2) is 0 Å². The molecule has 0 saturated heterocycles. The molecule has 0 radical (unpaired) electrons. The largest absolute Gasteiger partial charge is 0.462 e. The molecule has 0 bridgehead atoms. The van der Waals surface area contributed by atoms with Crippen LogP contribution in [0.1, 0.15) is 258 Å². The van der Waals surface area contributed by atoms with Gasteiger partial charge in [-0.3, -0.25) is 9.59 Å². The lowest BCUT2D eigenvalue weighted by atomic mass is 10.0. The van der Waals surface area contributed by atoms with E-state index in [1.807, 2.05) is 6.08 Å². The van der Waals surface area contributed by atoms with Gasteiger partial charge >= 0.3 is 5.97 Å².